The lowest BCUT2D eigenvalue weighted by Gasteiger charge is -2.29. The van der Waals surface area contributed by atoms with Gasteiger partial charge >= 0.3 is 0 Å². The first kappa shape index (κ1) is 20.9. The molecular formula is C23H25FN4O3. The largest absolute Gasteiger partial charge is 0.493 e. The predicted molar refractivity (Wildman–Crippen MR) is 114 cm³/mol. The lowest BCUT2D eigenvalue weighted by molar-refractivity contribution is 0.0942. The van der Waals surface area contributed by atoms with Gasteiger partial charge in [-0.05, 0) is 47.9 Å². The molecule has 0 saturated heterocycles. The molecular weight excluding hydrogens is 399 g/mol. The first-order chi connectivity index (χ1) is 15.1. The van der Waals surface area contributed by atoms with E-state index < -0.39 is 5.82 Å². The SMILES string of the molecule is COc1cc2c(cc1OC)CN(CCNC(=O)c1ccn(-c3ccccc3F)n1)CC2. The van der Waals surface area contributed by atoms with Gasteiger partial charge < -0.3 is 14.8 Å². The topological polar surface area (TPSA) is 68.6 Å². The number of para-hydroxylation sites is 1. The first-order valence-electron chi connectivity index (χ1n) is 10.1. The smallest absolute Gasteiger partial charge is 0.271 e. The molecule has 1 amide bonds. The number of fused-ring (bicyclic) bond motifs is 1. The Bertz CT molecular complexity index is 1080. The second kappa shape index (κ2) is 9.18. The Balaban J connectivity index is 1.32. The Morgan fingerprint density at radius 1 is 1.13 bits per heavy atom. The Kier molecular flexibility index (Phi) is 6.18. The van der Waals surface area contributed by atoms with Crippen molar-refractivity contribution < 1.29 is 18.7 Å². The zero-order chi connectivity index (χ0) is 21.8. The summed E-state index contributed by atoms with van der Waals surface area (Å²) in [5.74, 6) is 0.801. The summed E-state index contributed by atoms with van der Waals surface area (Å²) in [6, 6.07) is 12.0. The molecule has 2 heterocycles. The van der Waals surface area contributed by atoms with Crippen LogP contribution >= 0.6 is 0 Å². The molecule has 0 bridgehead atoms. The van der Waals surface area contributed by atoms with Gasteiger partial charge in [0.25, 0.3) is 5.91 Å². The zero-order valence-corrected chi connectivity index (χ0v) is 17.6. The number of methoxy groups -OCH3 is 2. The number of hydrogen-bond acceptors (Lipinski definition) is 5. The Hall–Kier alpha value is -3.39. The average Bonchev–Trinajstić information content (AvgIpc) is 3.28. The molecule has 1 aliphatic heterocycles. The van der Waals surface area contributed by atoms with E-state index in [1.807, 2.05) is 12.1 Å². The van der Waals surface area contributed by atoms with Crippen LogP contribution in [-0.4, -0.2) is 54.4 Å². The second-order valence-electron chi connectivity index (χ2n) is 7.35. The fraction of sp³-hybridized carbons (Fsp3) is 0.304. The molecule has 0 atom stereocenters. The van der Waals surface area contributed by atoms with Crippen molar-refractivity contribution in [3.63, 3.8) is 0 Å². The van der Waals surface area contributed by atoms with Gasteiger partial charge in [0.2, 0.25) is 0 Å². The molecule has 1 aliphatic rings. The van der Waals surface area contributed by atoms with E-state index in [1.165, 1.54) is 21.9 Å². The first-order valence-corrected chi connectivity index (χ1v) is 10.1. The van der Waals surface area contributed by atoms with Crippen molar-refractivity contribution in [2.75, 3.05) is 33.9 Å². The van der Waals surface area contributed by atoms with Crippen molar-refractivity contribution in [3.05, 3.63) is 71.3 Å². The van der Waals surface area contributed by atoms with Crippen molar-refractivity contribution in [1.29, 1.82) is 0 Å². The highest BCUT2D eigenvalue weighted by Crippen LogP contribution is 2.33. The van der Waals surface area contributed by atoms with Crippen LogP contribution in [0.1, 0.15) is 21.6 Å². The highest BCUT2D eigenvalue weighted by molar-refractivity contribution is 5.92. The van der Waals surface area contributed by atoms with Crippen molar-refractivity contribution in [1.82, 2.24) is 20.0 Å². The quantitative estimate of drug-likeness (QED) is 0.632. The van der Waals surface area contributed by atoms with Gasteiger partial charge in [-0.1, -0.05) is 12.1 Å². The Morgan fingerprint density at radius 2 is 1.87 bits per heavy atom. The standard InChI is InChI=1S/C23H25FN4O3/c1-30-21-13-16-7-10-27(15-17(16)14-22(21)31-2)12-9-25-23(29)19-8-11-28(26-19)20-6-4-3-5-18(20)24/h3-6,8,11,13-14H,7,9-10,12,15H2,1-2H3,(H,25,29). The van der Waals surface area contributed by atoms with Crippen LogP contribution in [0, 0.1) is 5.82 Å². The van der Waals surface area contributed by atoms with Gasteiger partial charge in [-0.25, -0.2) is 9.07 Å². The van der Waals surface area contributed by atoms with Crippen molar-refractivity contribution >= 4 is 5.91 Å². The third-order valence-electron chi connectivity index (χ3n) is 5.43. The average molecular weight is 424 g/mol. The van der Waals surface area contributed by atoms with Gasteiger partial charge in [-0.2, -0.15) is 5.10 Å². The summed E-state index contributed by atoms with van der Waals surface area (Å²) in [6.45, 7) is 2.90. The number of aromatic nitrogens is 2. The lowest BCUT2D eigenvalue weighted by Crippen LogP contribution is -2.38. The van der Waals surface area contributed by atoms with E-state index in [0.29, 0.717) is 18.8 Å². The summed E-state index contributed by atoms with van der Waals surface area (Å²) in [5, 5.41) is 7.09. The molecule has 7 nitrogen and oxygen atoms in total. The van der Waals surface area contributed by atoms with Crippen LogP contribution in [0.5, 0.6) is 11.5 Å². The molecule has 0 saturated carbocycles. The minimum Gasteiger partial charge on any atom is -0.493 e. The number of halogens is 1. The molecule has 0 aliphatic carbocycles. The molecule has 0 fully saturated rings. The summed E-state index contributed by atoms with van der Waals surface area (Å²) in [5.41, 5.74) is 3.03. The van der Waals surface area contributed by atoms with Crippen LogP contribution < -0.4 is 14.8 Å². The molecule has 8 heteroatoms. The number of carbonyl (C=O) groups is 1. The van der Waals surface area contributed by atoms with Gasteiger partial charge in [0, 0.05) is 32.4 Å². The predicted octanol–water partition coefficient (Wildman–Crippen LogP) is 2.82. The summed E-state index contributed by atoms with van der Waals surface area (Å²) in [6.07, 6.45) is 2.49. The van der Waals surface area contributed by atoms with Crippen LogP contribution in [0.4, 0.5) is 4.39 Å². The summed E-state index contributed by atoms with van der Waals surface area (Å²) >= 11 is 0. The number of amides is 1. The van der Waals surface area contributed by atoms with E-state index in [0.717, 1.165) is 31.0 Å². The van der Waals surface area contributed by atoms with Crippen molar-refractivity contribution in [3.8, 4) is 17.2 Å². The van der Waals surface area contributed by atoms with E-state index in [-0.39, 0.29) is 11.6 Å². The van der Waals surface area contributed by atoms with Crippen LogP contribution in [0.25, 0.3) is 5.69 Å². The highest BCUT2D eigenvalue weighted by Gasteiger charge is 2.19. The molecule has 162 valence electrons. The zero-order valence-electron chi connectivity index (χ0n) is 17.6. The van der Waals surface area contributed by atoms with E-state index >= 15 is 0 Å². The van der Waals surface area contributed by atoms with Gasteiger partial charge in [0.15, 0.2) is 17.2 Å². The minimum atomic E-state index is -0.391. The highest BCUT2D eigenvalue weighted by atomic mass is 19.1. The normalized spacial score (nSPS) is 13.5. The van der Waals surface area contributed by atoms with E-state index in [9.17, 15) is 9.18 Å². The number of carbonyl (C=O) groups excluding carboxylic acids is 1. The molecule has 1 aromatic heterocycles. The maximum Gasteiger partial charge on any atom is 0.271 e. The molecule has 1 N–H and O–H groups in total. The number of benzene rings is 2. The fourth-order valence-electron chi connectivity index (χ4n) is 3.77. The molecule has 0 spiro atoms. The van der Waals surface area contributed by atoms with E-state index in [1.54, 1.807) is 44.7 Å². The minimum absolute atomic E-state index is 0.254. The third kappa shape index (κ3) is 4.54. The fourth-order valence-corrected chi connectivity index (χ4v) is 3.77. The molecule has 2 aromatic carbocycles. The van der Waals surface area contributed by atoms with Gasteiger partial charge in [0.1, 0.15) is 11.5 Å². The lowest BCUT2D eigenvalue weighted by atomic mass is 9.99. The molecule has 0 unspecified atom stereocenters. The number of nitrogens with one attached hydrogen (secondary N) is 1. The number of hydrogen-bond donors (Lipinski definition) is 1. The molecule has 4 rings (SSSR count). The summed E-state index contributed by atoms with van der Waals surface area (Å²) < 4.78 is 26.1. The Labute approximate surface area is 180 Å². The molecule has 0 radical (unpaired) electrons. The van der Waals surface area contributed by atoms with Crippen LogP contribution in [-0.2, 0) is 13.0 Å². The third-order valence-corrected chi connectivity index (χ3v) is 5.43. The van der Waals surface area contributed by atoms with Crippen molar-refractivity contribution in [2.45, 2.75) is 13.0 Å². The van der Waals surface area contributed by atoms with Gasteiger partial charge in [-0.15, -0.1) is 0 Å². The number of ether oxygens (including phenoxy) is 2. The second-order valence-corrected chi connectivity index (χ2v) is 7.35. The maximum atomic E-state index is 13.9. The van der Waals surface area contributed by atoms with Gasteiger partial charge in [-0.3, -0.25) is 9.69 Å². The van der Waals surface area contributed by atoms with Gasteiger partial charge in [0.05, 0.1) is 14.2 Å². The number of nitrogens with zero attached hydrogens (tertiary/aromatic N) is 3. The Morgan fingerprint density at radius 3 is 2.61 bits per heavy atom. The molecule has 31 heavy (non-hydrogen) atoms. The van der Waals surface area contributed by atoms with Crippen LogP contribution in [0.15, 0.2) is 48.7 Å². The van der Waals surface area contributed by atoms with Crippen LogP contribution in [0.2, 0.25) is 0 Å². The monoisotopic (exact) mass is 424 g/mol. The number of rotatable bonds is 7. The van der Waals surface area contributed by atoms with Crippen molar-refractivity contribution in [2.24, 2.45) is 0 Å². The van der Waals surface area contributed by atoms with Crippen LogP contribution in [0.3, 0.4) is 0 Å². The van der Waals surface area contributed by atoms with E-state index in [4.69, 9.17) is 9.47 Å². The summed E-state index contributed by atoms with van der Waals surface area (Å²) in [7, 11) is 3.27. The molecule has 3 aromatic rings. The maximum absolute atomic E-state index is 13.9. The summed E-state index contributed by atoms with van der Waals surface area (Å²) in [4.78, 5) is 14.7. The van der Waals surface area contributed by atoms with E-state index in [2.05, 4.69) is 15.3 Å².